The van der Waals surface area contributed by atoms with Crippen molar-refractivity contribution in [3.8, 4) is 11.5 Å². The average molecular weight is 351 g/mol. The van der Waals surface area contributed by atoms with Crippen molar-refractivity contribution in [3.05, 3.63) is 53.3 Å². The number of sulfonamides is 1. The first-order chi connectivity index (χ1) is 11.5. The summed E-state index contributed by atoms with van der Waals surface area (Å²) in [5.74, 6) is 0.996. The van der Waals surface area contributed by atoms with Crippen LogP contribution in [0.1, 0.15) is 17.5 Å². The van der Waals surface area contributed by atoms with Gasteiger partial charge in [0, 0.05) is 6.54 Å². The highest BCUT2D eigenvalue weighted by atomic mass is 32.2. The van der Waals surface area contributed by atoms with Crippen LogP contribution in [0.3, 0.4) is 0 Å². The van der Waals surface area contributed by atoms with Crippen LogP contribution < -0.4 is 14.2 Å². The van der Waals surface area contributed by atoms with Gasteiger partial charge >= 0.3 is 0 Å². The van der Waals surface area contributed by atoms with Gasteiger partial charge in [-0.15, -0.1) is 0 Å². The summed E-state index contributed by atoms with van der Waals surface area (Å²) in [6, 6.07) is 9.33. The molecule has 5 nitrogen and oxygen atoms in total. The monoisotopic (exact) mass is 351 g/mol. The maximum Gasteiger partial charge on any atom is 0.240 e. The maximum atomic E-state index is 13.1. The molecule has 1 aliphatic heterocycles. The van der Waals surface area contributed by atoms with Crippen molar-refractivity contribution in [1.29, 1.82) is 0 Å². The number of benzene rings is 2. The SMILES string of the molecule is Cc1cc(F)ccc1S(=O)(=O)NCCCc1ccc2c(c1)OCO2. The van der Waals surface area contributed by atoms with Crippen LogP contribution >= 0.6 is 0 Å². The summed E-state index contributed by atoms with van der Waals surface area (Å²) in [6.45, 7) is 2.10. The molecule has 0 radical (unpaired) electrons. The smallest absolute Gasteiger partial charge is 0.240 e. The zero-order valence-corrected chi connectivity index (χ0v) is 14.0. The minimum atomic E-state index is -3.63. The van der Waals surface area contributed by atoms with Crippen LogP contribution in [-0.4, -0.2) is 21.8 Å². The predicted molar refractivity (Wildman–Crippen MR) is 87.2 cm³/mol. The first kappa shape index (κ1) is 16.7. The highest BCUT2D eigenvalue weighted by Crippen LogP contribution is 2.32. The summed E-state index contributed by atoms with van der Waals surface area (Å²) in [6.07, 6.45) is 1.35. The minimum absolute atomic E-state index is 0.104. The van der Waals surface area contributed by atoms with Crippen LogP contribution in [-0.2, 0) is 16.4 Å². The Kier molecular flexibility index (Phi) is 4.73. The number of rotatable bonds is 6. The Hall–Kier alpha value is -2.12. The molecule has 0 saturated heterocycles. The lowest BCUT2D eigenvalue weighted by atomic mass is 10.1. The highest BCUT2D eigenvalue weighted by molar-refractivity contribution is 7.89. The van der Waals surface area contributed by atoms with E-state index in [1.54, 1.807) is 6.92 Å². The van der Waals surface area contributed by atoms with Crippen LogP contribution in [0.25, 0.3) is 0 Å². The number of aryl methyl sites for hydroxylation is 2. The molecule has 3 rings (SSSR count). The quantitative estimate of drug-likeness (QED) is 0.813. The van der Waals surface area contributed by atoms with Crippen LogP contribution in [0.5, 0.6) is 11.5 Å². The van der Waals surface area contributed by atoms with Crippen LogP contribution in [0.4, 0.5) is 4.39 Å². The van der Waals surface area contributed by atoms with Crippen LogP contribution in [0, 0.1) is 12.7 Å². The van der Waals surface area contributed by atoms with Gasteiger partial charge in [0.2, 0.25) is 16.8 Å². The second-order valence-corrected chi connectivity index (χ2v) is 7.33. The number of hydrogen-bond donors (Lipinski definition) is 1. The van der Waals surface area contributed by atoms with Gasteiger partial charge in [0.15, 0.2) is 11.5 Å². The molecule has 1 heterocycles. The van der Waals surface area contributed by atoms with Crippen LogP contribution in [0.2, 0.25) is 0 Å². The Balaban J connectivity index is 1.56. The summed E-state index contributed by atoms with van der Waals surface area (Å²) in [7, 11) is -3.63. The number of ether oxygens (including phenoxy) is 2. The molecule has 128 valence electrons. The van der Waals surface area contributed by atoms with Crippen molar-refractivity contribution in [3.63, 3.8) is 0 Å². The normalized spacial score (nSPS) is 13.2. The van der Waals surface area contributed by atoms with Gasteiger partial charge in [-0.3, -0.25) is 0 Å². The van der Waals surface area contributed by atoms with Crippen molar-refractivity contribution in [2.45, 2.75) is 24.7 Å². The highest BCUT2D eigenvalue weighted by Gasteiger charge is 2.17. The molecule has 0 fully saturated rings. The third kappa shape index (κ3) is 3.68. The third-order valence-corrected chi connectivity index (χ3v) is 5.42. The molecule has 0 unspecified atom stereocenters. The Labute approximate surface area is 140 Å². The van der Waals surface area contributed by atoms with E-state index in [4.69, 9.17) is 9.47 Å². The van der Waals surface area contributed by atoms with Gasteiger partial charge in [0.25, 0.3) is 0 Å². The molecule has 2 aromatic rings. The molecule has 0 amide bonds. The first-order valence-corrected chi connectivity index (χ1v) is 9.08. The van der Waals surface area contributed by atoms with Gasteiger partial charge in [0.1, 0.15) is 5.82 Å². The van der Waals surface area contributed by atoms with Gasteiger partial charge in [-0.2, -0.15) is 0 Å². The summed E-state index contributed by atoms with van der Waals surface area (Å²) < 4.78 is 50.7. The standard InChI is InChI=1S/C17H18FNO4S/c1-12-9-14(18)5-7-17(12)24(20,21)19-8-2-3-13-4-6-15-16(10-13)23-11-22-15/h4-7,9-10,19H,2-3,8,11H2,1H3. The van der Waals surface area contributed by atoms with E-state index in [1.807, 2.05) is 18.2 Å². The molecule has 2 aromatic carbocycles. The molecule has 0 atom stereocenters. The van der Waals surface area contributed by atoms with E-state index in [0.29, 0.717) is 24.9 Å². The Morgan fingerprint density at radius 1 is 1.12 bits per heavy atom. The average Bonchev–Trinajstić information content (AvgIpc) is 2.99. The molecule has 7 heteroatoms. The van der Waals surface area contributed by atoms with E-state index in [9.17, 15) is 12.8 Å². The van der Waals surface area contributed by atoms with Gasteiger partial charge in [-0.05, 0) is 61.2 Å². The van der Waals surface area contributed by atoms with Crippen molar-refractivity contribution in [1.82, 2.24) is 4.72 Å². The lowest BCUT2D eigenvalue weighted by Crippen LogP contribution is -2.25. The van der Waals surface area contributed by atoms with Gasteiger partial charge in [0.05, 0.1) is 4.90 Å². The molecule has 0 aromatic heterocycles. The summed E-state index contributed by atoms with van der Waals surface area (Å²) >= 11 is 0. The zero-order valence-electron chi connectivity index (χ0n) is 13.2. The zero-order chi connectivity index (χ0) is 17.2. The first-order valence-electron chi connectivity index (χ1n) is 7.60. The molecule has 0 saturated carbocycles. The Morgan fingerprint density at radius 2 is 1.92 bits per heavy atom. The number of hydrogen-bond acceptors (Lipinski definition) is 4. The molecule has 1 N–H and O–H groups in total. The molecule has 0 aliphatic carbocycles. The van der Waals surface area contributed by atoms with Crippen molar-refractivity contribution in [2.24, 2.45) is 0 Å². The molecule has 24 heavy (non-hydrogen) atoms. The number of fused-ring (bicyclic) bond motifs is 1. The minimum Gasteiger partial charge on any atom is -0.454 e. The summed E-state index contributed by atoms with van der Waals surface area (Å²) in [4.78, 5) is 0.104. The van der Waals surface area contributed by atoms with E-state index in [0.717, 1.165) is 23.1 Å². The van der Waals surface area contributed by atoms with E-state index in [2.05, 4.69) is 4.72 Å². The molecule has 0 spiro atoms. The van der Waals surface area contributed by atoms with E-state index >= 15 is 0 Å². The van der Waals surface area contributed by atoms with Gasteiger partial charge < -0.3 is 9.47 Å². The third-order valence-electron chi connectivity index (χ3n) is 3.80. The van der Waals surface area contributed by atoms with Gasteiger partial charge in [-0.25, -0.2) is 17.5 Å². The van der Waals surface area contributed by atoms with Crippen molar-refractivity contribution in [2.75, 3.05) is 13.3 Å². The fraction of sp³-hybridized carbons (Fsp3) is 0.294. The molecular weight excluding hydrogens is 333 g/mol. The lowest BCUT2D eigenvalue weighted by molar-refractivity contribution is 0.174. The molecule has 1 aliphatic rings. The van der Waals surface area contributed by atoms with E-state index in [1.165, 1.54) is 12.1 Å². The van der Waals surface area contributed by atoms with E-state index < -0.39 is 15.8 Å². The largest absolute Gasteiger partial charge is 0.454 e. The fourth-order valence-electron chi connectivity index (χ4n) is 2.59. The molecular formula is C17H18FNO4S. The topological polar surface area (TPSA) is 64.6 Å². The Bertz CT molecular complexity index is 852. The lowest BCUT2D eigenvalue weighted by Gasteiger charge is -2.09. The second-order valence-electron chi connectivity index (χ2n) is 5.60. The van der Waals surface area contributed by atoms with Crippen LogP contribution in [0.15, 0.2) is 41.3 Å². The van der Waals surface area contributed by atoms with E-state index in [-0.39, 0.29) is 11.7 Å². The molecule has 0 bridgehead atoms. The fourth-order valence-corrected chi connectivity index (χ4v) is 3.89. The maximum absolute atomic E-state index is 13.1. The summed E-state index contributed by atoms with van der Waals surface area (Å²) in [5, 5.41) is 0. The van der Waals surface area contributed by atoms with Gasteiger partial charge in [-0.1, -0.05) is 6.07 Å². The second kappa shape index (κ2) is 6.78. The summed E-state index contributed by atoms with van der Waals surface area (Å²) in [5.41, 5.74) is 1.44. The number of nitrogens with one attached hydrogen (secondary N) is 1. The Morgan fingerprint density at radius 3 is 2.71 bits per heavy atom. The predicted octanol–water partition coefficient (Wildman–Crippen LogP) is 2.77. The van der Waals surface area contributed by atoms with Crippen molar-refractivity contribution < 1.29 is 22.3 Å². The van der Waals surface area contributed by atoms with Crippen molar-refractivity contribution >= 4 is 10.0 Å². The number of halogens is 1.